The van der Waals surface area contributed by atoms with Crippen molar-refractivity contribution in [3.05, 3.63) is 58.9 Å². The van der Waals surface area contributed by atoms with Crippen molar-refractivity contribution in [1.82, 2.24) is 9.97 Å². The van der Waals surface area contributed by atoms with Gasteiger partial charge in [-0.1, -0.05) is 17.7 Å². The number of hydrogen-bond acceptors (Lipinski definition) is 2. The summed E-state index contributed by atoms with van der Waals surface area (Å²) in [5, 5.41) is 3.40. The van der Waals surface area contributed by atoms with Crippen molar-refractivity contribution in [3.8, 4) is 0 Å². The Hall–Kier alpha value is -2.33. The molecule has 0 saturated heterocycles. The number of hydrogen-bond donors (Lipinski definition) is 2. The van der Waals surface area contributed by atoms with Crippen molar-refractivity contribution in [2.75, 3.05) is 5.32 Å². The molecule has 5 heteroatoms. The molecule has 3 rings (SSSR count). The van der Waals surface area contributed by atoms with Gasteiger partial charge < -0.3 is 10.3 Å². The Morgan fingerprint density at radius 2 is 2.10 bits per heavy atom. The second-order valence-electron chi connectivity index (χ2n) is 4.52. The lowest BCUT2D eigenvalue weighted by Crippen LogP contribution is -2.11. The monoisotopic (exact) mass is 285 g/mol. The third-order valence-electron chi connectivity index (χ3n) is 2.94. The molecule has 1 heterocycles. The predicted octanol–water partition coefficient (Wildman–Crippen LogP) is 3.78. The van der Waals surface area contributed by atoms with Gasteiger partial charge in [-0.15, -0.1) is 0 Å². The molecule has 1 aromatic heterocycles. The van der Waals surface area contributed by atoms with Gasteiger partial charge in [0, 0.05) is 16.3 Å². The average Bonchev–Trinajstić information content (AvgIpc) is 2.77. The van der Waals surface area contributed by atoms with Gasteiger partial charge in [0.25, 0.3) is 5.91 Å². The minimum atomic E-state index is -0.179. The Morgan fingerprint density at radius 3 is 2.90 bits per heavy atom. The molecular weight excluding hydrogens is 274 g/mol. The van der Waals surface area contributed by atoms with Crippen LogP contribution in [-0.4, -0.2) is 15.9 Å². The number of halogens is 1. The summed E-state index contributed by atoms with van der Waals surface area (Å²) >= 11 is 5.89. The fourth-order valence-electron chi connectivity index (χ4n) is 2.05. The van der Waals surface area contributed by atoms with Crippen LogP contribution in [0.25, 0.3) is 11.0 Å². The van der Waals surface area contributed by atoms with E-state index in [1.54, 1.807) is 36.4 Å². The van der Waals surface area contributed by atoms with Crippen molar-refractivity contribution >= 4 is 34.2 Å². The number of aryl methyl sites for hydroxylation is 1. The van der Waals surface area contributed by atoms with Gasteiger partial charge in [-0.3, -0.25) is 4.79 Å². The van der Waals surface area contributed by atoms with E-state index in [0.717, 1.165) is 16.9 Å². The van der Waals surface area contributed by atoms with Crippen LogP contribution < -0.4 is 5.32 Å². The Bertz CT molecular complexity index is 795. The van der Waals surface area contributed by atoms with E-state index in [9.17, 15) is 4.79 Å². The van der Waals surface area contributed by atoms with Gasteiger partial charge in [0.1, 0.15) is 5.82 Å². The Labute approximate surface area is 120 Å². The molecule has 2 aromatic carbocycles. The summed E-state index contributed by atoms with van der Waals surface area (Å²) in [5.74, 6) is 0.647. The summed E-state index contributed by atoms with van der Waals surface area (Å²) in [7, 11) is 0. The highest BCUT2D eigenvalue weighted by molar-refractivity contribution is 6.31. The first-order valence-electron chi connectivity index (χ1n) is 6.15. The van der Waals surface area contributed by atoms with E-state index in [0.29, 0.717) is 16.3 Å². The highest BCUT2D eigenvalue weighted by Crippen LogP contribution is 2.18. The number of nitrogens with zero attached hydrogens (tertiary/aromatic N) is 1. The van der Waals surface area contributed by atoms with Gasteiger partial charge in [0.15, 0.2) is 0 Å². The number of benzene rings is 2. The molecule has 0 spiro atoms. The largest absolute Gasteiger partial charge is 0.342 e. The first-order valence-corrected chi connectivity index (χ1v) is 6.53. The van der Waals surface area contributed by atoms with Crippen LogP contribution in [0.15, 0.2) is 42.5 Å². The third kappa shape index (κ3) is 2.51. The molecule has 0 bridgehead atoms. The van der Waals surface area contributed by atoms with Gasteiger partial charge in [-0.05, 0) is 43.3 Å². The summed E-state index contributed by atoms with van der Waals surface area (Å²) in [6, 6.07) is 12.4. The van der Waals surface area contributed by atoms with Crippen molar-refractivity contribution in [3.63, 3.8) is 0 Å². The van der Waals surface area contributed by atoms with Gasteiger partial charge in [0.2, 0.25) is 0 Å². The van der Waals surface area contributed by atoms with Crippen LogP contribution in [0.2, 0.25) is 5.02 Å². The molecule has 0 radical (unpaired) electrons. The van der Waals surface area contributed by atoms with Gasteiger partial charge in [-0.25, -0.2) is 4.98 Å². The minimum Gasteiger partial charge on any atom is -0.342 e. The molecule has 100 valence electrons. The number of carbonyl (C=O) groups excluding carboxylic acids is 1. The van der Waals surface area contributed by atoms with Gasteiger partial charge in [-0.2, -0.15) is 0 Å². The molecule has 4 nitrogen and oxygen atoms in total. The predicted molar refractivity (Wildman–Crippen MR) is 80.2 cm³/mol. The number of rotatable bonds is 2. The molecule has 3 aromatic rings. The molecule has 2 N–H and O–H groups in total. The zero-order valence-electron chi connectivity index (χ0n) is 10.8. The Balaban J connectivity index is 1.88. The molecule has 0 saturated carbocycles. The molecule has 0 aliphatic heterocycles. The lowest BCUT2D eigenvalue weighted by atomic mass is 10.2. The first kappa shape index (κ1) is 12.7. The second-order valence-corrected chi connectivity index (χ2v) is 4.96. The molecule has 0 fully saturated rings. The number of H-pyrrole nitrogens is 1. The average molecular weight is 286 g/mol. The number of aromatic nitrogens is 2. The third-order valence-corrected chi connectivity index (χ3v) is 3.18. The van der Waals surface area contributed by atoms with E-state index in [-0.39, 0.29) is 5.91 Å². The van der Waals surface area contributed by atoms with E-state index < -0.39 is 0 Å². The van der Waals surface area contributed by atoms with Gasteiger partial charge >= 0.3 is 0 Å². The maximum Gasteiger partial charge on any atom is 0.255 e. The SMILES string of the molecule is Cc1nc2ccc(C(=O)Nc3cccc(Cl)c3)cc2[nH]1. The van der Waals surface area contributed by atoms with Crippen LogP contribution in [0.4, 0.5) is 5.69 Å². The van der Waals surface area contributed by atoms with Crippen LogP contribution in [0.5, 0.6) is 0 Å². The van der Waals surface area contributed by atoms with E-state index in [4.69, 9.17) is 11.6 Å². The number of anilines is 1. The summed E-state index contributed by atoms with van der Waals surface area (Å²) < 4.78 is 0. The lowest BCUT2D eigenvalue weighted by Gasteiger charge is -2.05. The summed E-state index contributed by atoms with van der Waals surface area (Å²) in [4.78, 5) is 19.6. The van der Waals surface area contributed by atoms with E-state index in [1.165, 1.54) is 0 Å². The standard InChI is InChI=1S/C15H12ClN3O/c1-9-17-13-6-5-10(7-14(13)18-9)15(20)19-12-4-2-3-11(16)8-12/h2-8H,1H3,(H,17,18)(H,19,20). The smallest absolute Gasteiger partial charge is 0.255 e. The van der Waals surface area contributed by atoms with Crippen LogP contribution in [-0.2, 0) is 0 Å². The molecular formula is C15H12ClN3O. The second kappa shape index (κ2) is 4.98. The topological polar surface area (TPSA) is 57.8 Å². The number of nitrogens with one attached hydrogen (secondary N) is 2. The quantitative estimate of drug-likeness (QED) is 0.753. The summed E-state index contributed by atoms with van der Waals surface area (Å²) in [6.07, 6.45) is 0. The molecule has 0 aliphatic rings. The van der Waals surface area contributed by atoms with Gasteiger partial charge in [0.05, 0.1) is 11.0 Å². The number of aromatic amines is 1. The Morgan fingerprint density at radius 1 is 1.25 bits per heavy atom. The molecule has 20 heavy (non-hydrogen) atoms. The Kier molecular flexibility index (Phi) is 3.16. The minimum absolute atomic E-state index is 0.179. The van der Waals surface area contributed by atoms with Crippen LogP contribution in [0.1, 0.15) is 16.2 Å². The fraction of sp³-hybridized carbons (Fsp3) is 0.0667. The highest BCUT2D eigenvalue weighted by Gasteiger charge is 2.08. The zero-order chi connectivity index (χ0) is 14.1. The van der Waals surface area contributed by atoms with Crippen LogP contribution in [0.3, 0.4) is 0 Å². The molecule has 1 amide bonds. The molecule has 0 unspecified atom stereocenters. The normalized spacial score (nSPS) is 10.7. The number of imidazole rings is 1. The lowest BCUT2D eigenvalue weighted by molar-refractivity contribution is 0.102. The van der Waals surface area contributed by atoms with Crippen molar-refractivity contribution in [1.29, 1.82) is 0 Å². The summed E-state index contributed by atoms with van der Waals surface area (Å²) in [5.41, 5.74) is 2.94. The zero-order valence-corrected chi connectivity index (χ0v) is 11.5. The van der Waals surface area contributed by atoms with E-state index in [2.05, 4.69) is 15.3 Å². The van der Waals surface area contributed by atoms with Crippen molar-refractivity contribution < 1.29 is 4.79 Å². The van der Waals surface area contributed by atoms with Crippen molar-refractivity contribution in [2.45, 2.75) is 6.92 Å². The molecule has 0 atom stereocenters. The summed E-state index contributed by atoms with van der Waals surface area (Å²) in [6.45, 7) is 1.88. The van der Waals surface area contributed by atoms with Crippen LogP contribution in [0, 0.1) is 6.92 Å². The maximum absolute atomic E-state index is 12.2. The fourth-order valence-corrected chi connectivity index (χ4v) is 2.24. The number of amides is 1. The maximum atomic E-state index is 12.2. The van der Waals surface area contributed by atoms with E-state index in [1.807, 2.05) is 13.0 Å². The van der Waals surface area contributed by atoms with Crippen LogP contribution >= 0.6 is 11.6 Å². The van der Waals surface area contributed by atoms with E-state index >= 15 is 0 Å². The number of fused-ring (bicyclic) bond motifs is 1. The molecule has 0 aliphatic carbocycles. The number of carbonyl (C=O) groups is 1. The first-order chi connectivity index (χ1) is 9.61. The van der Waals surface area contributed by atoms with Crippen molar-refractivity contribution in [2.24, 2.45) is 0 Å². The highest BCUT2D eigenvalue weighted by atomic mass is 35.5.